The van der Waals surface area contributed by atoms with E-state index in [0.29, 0.717) is 0 Å². The van der Waals surface area contributed by atoms with Crippen LogP contribution in [0.2, 0.25) is 0 Å². The number of carboxylic acids is 1. The fourth-order valence-electron chi connectivity index (χ4n) is 1.50. The van der Waals surface area contributed by atoms with Gasteiger partial charge < -0.3 is 10.4 Å². The van der Waals surface area contributed by atoms with Gasteiger partial charge in [-0.25, -0.2) is 4.79 Å². The molecular formula is C11H18F3NO3S. The van der Waals surface area contributed by atoms with Gasteiger partial charge in [-0.3, -0.25) is 4.79 Å². The van der Waals surface area contributed by atoms with E-state index in [0.717, 1.165) is 0 Å². The summed E-state index contributed by atoms with van der Waals surface area (Å²) < 4.78 is 36.7. The molecule has 1 amide bonds. The zero-order valence-electron chi connectivity index (χ0n) is 10.7. The standard InChI is InChI=1S/C11H18F3NO3S/c1-6(2)3-8(10(17)18)15-9(16)7(5-19)4-11(12,13)14/h6-8,19H,3-5H2,1-2H3,(H,15,16)(H,17,18)/t7-,8-/m0/s1. The van der Waals surface area contributed by atoms with Crippen LogP contribution in [0.4, 0.5) is 13.2 Å². The van der Waals surface area contributed by atoms with Gasteiger partial charge >= 0.3 is 12.1 Å². The topological polar surface area (TPSA) is 66.4 Å². The highest BCUT2D eigenvalue weighted by Gasteiger charge is 2.35. The summed E-state index contributed by atoms with van der Waals surface area (Å²) >= 11 is 3.70. The van der Waals surface area contributed by atoms with Gasteiger partial charge in [0.2, 0.25) is 5.91 Å². The van der Waals surface area contributed by atoms with Gasteiger partial charge in [0.25, 0.3) is 0 Å². The van der Waals surface area contributed by atoms with E-state index in [1.807, 2.05) is 0 Å². The summed E-state index contributed by atoms with van der Waals surface area (Å²) in [6.07, 6.45) is -5.63. The normalized spacial score (nSPS) is 15.1. The zero-order valence-corrected chi connectivity index (χ0v) is 11.6. The molecule has 0 aliphatic rings. The lowest BCUT2D eigenvalue weighted by atomic mass is 10.0. The Hall–Kier alpha value is -0.920. The van der Waals surface area contributed by atoms with E-state index in [2.05, 4.69) is 17.9 Å². The molecule has 0 saturated carbocycles. The van der Waals surface area contributed by atoms with Crippen LogP contribution in [0.1, 0.15) is 26.7 Å². The van der Waals surface area contributed by atoms with Crippen LogP contribution >= 0.6 is 12.6 Å². The lowest BCUT2D eigenvalue weighted by Gasteiger charge is -2.21. The van der Waals surface area contributed by atoms with Crippen molar-refractivity contribution in [3.63, 3.8) is 0 Å². The van der Waals surface area contributed by atoms with E-state index >= 15 is 0 Å². The number of rotatable bonds is 7. The summed E-state index contributed by atoms with van der Waals surface area (Å²) in [6.45, 7) is 3.52. The minimum absolute atomic E-state index is 0.00142. The SMILES string of the molecule is CC(C)C[C@H](NC(=O)[C@H](CS)CC(F)(F)F)C(=O)O. The van der Waals surface area contributed by atoms with Crippen molar-refractivity contribution in [1.82, 2.24) is 5.32 Å². The minimum Gasteiger partial charge on any atom is -0.480 e. The maximum absolute atomic E-state index is 12.2. The van der Waals surface area contributed by atoms with Gasteiger partial charge in [0, 0.05) is 5.75 Å². The van der Waals surface area contributed by atoms with Crippen molar-refractivity contribution >= 4 is 24.5 Å². The Morgan fingerprint density at radius 2 is 1.84 bits per heavy atom. The van der Waals surface area contributed by atoms with Crippen LogP contribution < -0.4 is 5.32 Å². The van der Waals surface area contributed by atoms with Crippen LogP contribution in [0, 0.1) is 11.8 Å². The Bertz CT molecular complexity index is 321. The number of amides is 1. The third-order valence-corrected chi connectivity index (χ3v) is 2.83. The lowest BCUT2D eigenvalue weighted by Crippen LogP contribution is -2.45. The largest absolute Gasteiger partial charge is 0.480 e. The van der Waals surface area contributed by atoms with Crippen molar-refractivity contribution in [2.75, 3.05) is 5.75 Å². The summed E-state index contributed by atoms with van der Waals surface area (Å²) in [5.74, 6) is -3.86. The van der Waals surface area contributed by atoms with Crippen molar-refractivity contribution in [3.8, 4) is 0 Å². The van der Waals surface area contributed by atoms with E-state index in [4.69, 9.17) is 5.11 Å². The van der Waals surface area contributed by atoms with E-state index in [1.54, 1.807) is 13.8 Å². The molecule has 0 bridgehead atoms. The van der Waals surface area contributed by atoms with Gasteiger partial charge in [0.15, 0.2) is 0 Å². The maximum Gasteiger partial charge on any atom is 0.389 e. The molecule has 0 unspecified atom stereocenters. The average Bonchev–Trinajstić information content (AvgIpc) is 2.22. The predicted molar refractivity (Wildman–Crippen MR) is 67.0 cm³/mol. The molecule has 2 atom stereocenters. The molecule has 0 aromatic rings. The van der Waals surface area contributed by atoms with Crippen LogP contribution in [-0.4, -0.2) is 35.0 Å². The number of nitrogens with one attached hydrogen (secondary N) is 1. The van der Waals surface area contributed by atoms with Crippen LogP contribution in [0.5, 0.6) is 0 Å². The first-order chi connectivity index (χ1) is 8.56. The van der Waals surface area contributed by atoms with Gasteiger partial charge in [-0.2, -0.15) is 25.8 Å². The van der Waals surface area contributed by atoms with Crippen LogP contribution in [0.15, 0.2) is 0 Å². The molecule has 0 heterocycles. The molecule has 0 aromatic heterocycles. The van der Waals surface area contributed by atoms with Crippen molar-refractivity contribution in [3.05, 3.63) is 0 Å². The van der Waals surface area contributed by atoms with Gasteiger partial charge in [0.05, 0.1) is 12.3 Å². The van der Waals surface area contributed by atoms with Crippen molar-refractivity contribution in [2.24, 2.45) is 11.8 Å². The highest BCUT2D eigenvalue weighted by molar-refractivity contribution is 7.80. The molecule has 0 saturated heterocycles. The molecule has 0 radical (unpaired) electrons. The number of hydrogen-bond acceptors (Lipinski definition) is 3. The van der Waals surface area contributed by atoms with Crippen molar-refractivity contribution in [1.29, 1.82) is 0 Å². The van der Waals surface area contributed by atoms with Crippen LogP contribution in [-0.2, 0) is 9.59 Å². The molecule has 0 aliphatic heterocycles. The predicted octanol–water partition coefficient (Wildman–Crippen LogP) is 2.10. The number of halogens is 3. The number of aliphatic carboxylic acids is 1. The van der Waals surface area contributed by atoms with Gasteiger partial charge in [-0.05, 0) is 12.3 Å². The molecule has 4 nitrogen and oxygen atoms in total. The van der Waals surface area contributed by atoms with E-state index in [1.165, 1.54) is 0 Å². The lowest BCUT2D eigenvalue weighted by molar-refractivity contribution is -0.154. The summed E-state index contributed by atoms with van der Waals surface area (Å²) in [7, 11) is 0. The van der Waals surface area contributed by atoms with E-state index in [9.17, 15) is 22.8 Å². The number of hydrogen-bond donors (Lipinski definition) is 3. The Morgan fingerprint density at radius 1 is 1.32 bits per heavy atom. The third-order valence-electron chi connectivity index (χ3n) is 2.39. The minimum atomic E-state index is -4.48. The maximum atomic E-state index is 12.2. The Kier molecular flexibility index (Phi) is 7.25. The fraction of sp³-hybridized carbons (Fsp3) is 0.818. The zero-order chi connectivity index (χ0) is 15.2. The summed E-state index contributed by atoms with van der Waals surface area (Å²) in [6, 6.07) is -1.18. The molecule has 2 N–H and O–H groups in total. The Labute approximate surface area is 115 Å². The summed E-state index contributed by atoms with van der Waals surface area (Å²) in [5, 5.41) is 11.0. The third kappa shape index (κ3) is 7.97. The molecule has 0 aliphatic carbocycles. The van der Waals surface area contributed by atoms with Crippen LogP contribution in [0.3, 0.4) is 0 Å². The molecular weight excluding hydrogens is 283 g/mol. The molecule has 0 rings (SSSR count). The number of carboxylic acid groups (broad SMARTS) is 1. The number of alkyl halides is 3. The molecule has 19 heavy (non-hydrogen) atoms. The second-order valence-electron chi connectivity index (χ2n) is 4.73. The van der Waals surface area contributed by atoms with Crippen molar-refractivity contribution < 1.29 is 27.9 Å². The van der Waals surface area contributed by atoms with E-state index in [-0.39, 0.29) is 18.1 Å². The molecule has 0 fully saturated rings. The first-order valence-electron chi connectivity index (χ1n) is 5.77. The van der Waals surface area contributed by atoms with Crippen molar-refractivity contribution in [2.45, 2.75) is 38.9 Å². The first-order valence-corrected chi connectivity index (χ1v) is 6.40. The van der Waals surface area contributed by atoms with Gasteiger partial charge in [-0.1, -0.05) is 13.8 Å². The highest BCUT2D eigenvalue weighted by Crippen LogP contribution is 2.25. The molecule has 112 valence electrons. The average molecular weight is 301 g/mol. The smallest absolute Gasteiger partial charge is 0.389 e. The Balaban J connectivity index is 4.64. The molecule has 8 heteroatoms. The second kappa shape index (κ2) is 7.62. The monoisotopic (exact) mass is 301 g/mol. The van der Waals surface area contributed by atoms with Gasteiger partial charge in [-0.15, -0.1) is 0 Å². The summed E-state index contributed by atoms with van der Waals surface area (Å²) in [4.78, 5) is 22.5. The first kappa shape index (κ1) is 18.1. The second-order valence-corrected chi connectivity index (χ2v) is 5.09. The number of carbonyl (C=O) groups is 2. The summed E-state index contributed by atoms with van der Waals surface area (Å²) in [5.41, 5.74) is 0. The number of carbonyl (C=O) groups excluding carboxylic acids is 1. The Morgan fingerprint density at radius 3 is 2.16 bits per heavy atom. The molecule has 0 spiro atoms. The molecule has 0 aromatic carbocycles. The quantitative estimate of drug-likeness (QED) is 0.631. The van der Waals surface area contributed by atoms with E-state index < -0.39 is 36.4 Å². The van der Waals surface area contributed by atoms with Gasteiger partial charge in [0.1, 0.15) is 6.04 Å². The fourth-order valence-corrected chi connectivity index (χ4v) is 1.80. The van der Waals surface area contributed by atoms with Crippen LogP contribution in [0.25, 0.3) is 0 Å². The highest BCUT2D eigenvalue weighted by atomic mass is 32.1. The number of thiol groups is 1.